The number of aromatic nitrogens is 2. The Labute approximate surface area is 103 Å². The van der Waals surface area contributed by atoms with E-state index < -0.39 is 35.8 Å². The van der Waals surface area contributed by atoms with Gasteiger partial charge in [-0.15, -0.1) is 0 Å². The number of aryl methyl sites for hydroxylation is 1. The lowest BCUT2D eigenvalue weighted by atomic mass is 10.1. The molecule has 2 rings (SSSR count). The summed E-state index contributed by atoms with van der Waals surface area (Å²) in [5.41, 5.74) is -0.687. The van der Waals surface area contributed by atoms with Gasteiger partial charge in [-0.2, -0.15) is 0 Å². The average Bonchev–Trinajstić information content (AvgIpc) is 2.56. The number of hydrogen-bond acceptors (Lipinski definition) is 5. The molecule has 0 spiro atoms. The average molecular weight is 256 g/mol. The Morgan fingerprint density at radius 3 is 2.56 bits per heavy atom. The van der Waals surface area contributed by atoms with Crippen molar-refractivity contribution in [2.75, 3.05) is 0 Å². The predicted molar refractivity (Wildman–Crippen MR) is 62.3 cm³/mol. The molecular weight excluding hydrogens is 240 g/mol. The van der Waals surface area contributed by atoms with Gasteiger partial charge >= 0.3 is 5.69 Å². The van der Waals surface area contributed by atoms with Gasteiger partial charge in [0.05, 0.1) is 6.10 Å². The predicted octanol–water partition coefficient (Wildman–Crippen LogP) is -1.26. The molecule has 1 unspecified atom stereocenters. The maximum Gasteiger partial charge on any atom is 0.330 e. The summed E-state index contributed by atoms with van der Waals surface area (Å²) in [6, 6.07) is 1.28. The van der Waals surface area contributed by atoms with Crippen LogP contribution in [0.5, 0.6) is 0 Å². The number of H-pyrrole nitrogens is 1. The van der Waals surface area contributed by atoms with Crippen LogP contribution >= 0.6 is 0 Å². The topological polar surface area (TPSA) is 105 Å². The van der Waals surface area contributed by atoms with Gasteiger partial charge in [-0.05, 0) is 13.3 Å². The van der Waals surface area contributed by atoms with E-state index in [4.69, 9.17) is 4.74 Å². The van der Waals surface area contributed by atoms with Crippen LogP contribution in [-0.2, 0) is 11.2 Å². The SMILES string of the molecule is CCc1cc(=O)[nH]c(=O)n1C1O[C@H](C)[C@@H](O)[C@H]1O. The first-order valence-corrected chi connectivity index (χ1v) is 5.82. The molecule has 7 heteroatoms. The summed E-state index contributed by atoms with van der Waals surface area (Å²) in [5.74, 6) is 0. The van der Waals surface area contributed by atoms with Crippen molar-refractivity contribution in [2.45, 2.75) is 44.8 Å². The normalized spacial score (nSPS) is 31.8. The number of rotatable bonds is 2. The van der Waals surface area contributed by atoms with Gasteiger partial charge in [-0.25, -0.2) is 4.79 Å². The van der Waals surface area contributed by atoms with Crippen molar-refractivity contribution in [3.63, 3.8) is 0 Å². The highest BCUT2D eigenvalue weighted by molar-refractivity contribution is 5.04. The molecule has 1 saturated heterocycles. The highest BCUT2D eigenvalue weighted by Crippen LogP contribution is 2.28. The van der Waals surface area contributed by atoms with E-state index >= 15 is 0 Å². The van der Waals surface area contributed by atoms with Crippen LogP contribution in [0.2, 0.25) is 0 Å². The lowest BCUT2D eigenvalue weighted by Crippen LogP contribution is -2.39. The molecule has 18 heavy (non-hydrogen) atoms. The van der Waals surface area contributed by atoms with Gasteiger partial charge in [0, 0.05) is 11.8 Å². The van der Waals surface area contributed by atoms with Crippen LogP contribution < -0.4 is 11.2 Å². The molecule has 1 aliphatic heterocycles. The number of hydrogen-bond donors (Lipinski definition) is 3. The van der Waals surface area contributed by atoms with Crippen LogP contribution in [0.4, 0.5) is 0 Å². The summed E-state index contributed by atoms with van der Waals surface area (Å²) in [6.07, 6.45) is -3.37. The summed E-state index contributed by atoms with van der Waals surface area (Å²) in [4.78, 5) is 25.1. The van der Waals surface area contributed by atoms with Crippen molar-refractivity contribution >= 4 is 0 Å². The molecule has 1 aromatic heterocycles. The van der Waals surface area contributed by atoms with Crippen LogP contribution in [0.3, 0.4) is 0 Å². The molecule has 0 bridgehead atoms. The molecule has 0 aliphatic carbocycles. The summed E-state index contributed by atoms with van der Waals surface area (Å²) in [7, 11) is 0. The van der Waals surface area contributed by atoms with Crippen molar-refractivity contribution in [3.8, 4) is 0 Å². The zero-order valence-corrected chi connectivity index (χ0v) is 10.2. The molecule has 2 heterocycles. The molecule has 100 valence electrons. The van der Waals surface area contributed by atoms with E-state index in [0.29, 0.717) is 12.1 Å². The first kappa shape index (κ1) is 13.0. The van der Waals surface area contributed by atoms with Gasteiger partial charge in [0.1, 0.15) is 12.2 Å². The fourth-order valence-electron chi connectivity index (χ4n) is 2.15. The Kier molecular flexibility index (Phi) is 3.38. The highest BCUT2D eigenvalue weighted by Gasteiger charge is 2.42. The fraction of sp³-hybridized carbons (Fsp3) is 0.636. The van der Waals surface area contributed by atoms with E-state index in [9.17, 15) is 19.8 Å². The minimum atomic E-state index is -1.20. The summed E-state index contributed by atoms with van der Waals surface area (Å²) in [5, 5.41) is 19.5. The molecule has 0 amide bonds. The van der Waals surface area contributed by atoms with E-state index in [1.54, 1.807) is 13.8 Å². The third-order valence-corrected chi connectivity index (χ3v) is 3.15. The summed E-state index contributed by atoms with van der Waals surface area (Å²) < 4.78 is 6.56. The molecule has 1 aliphatic rings. The molecule has 1 aromatic rings. The molecule has 0 radical (unpaired) electrons. The van der Waals surface area contributed by atoms with Crippen molar-refractivity contribution < 1.29 is 14.9 Å². The van der Waals surface area contributed by atoms with Crippen LogP contribution in [-0.4, -0.2) is 38.1 Å². The third kappa shape index (κ3) is 2.00. The minimum absolute atomic E-state index is 0.441. The minimum Gasteiger partial charge on any atom is -0.388 e. The van der Waals surface area contributed by atoms with E-state index in [1.165, 1.54) is 10.6 Å². The highest BCUT2D eigenvalue weighted by atomic mass is 16.6. The maximum atomic E-state index is 11.8. The largest absolute Gasteiger partial charge is 0.388 e. The number of nitrogens with one attached hydrogen (secondary N) is 1. The van der Waals surface area contributed by atoms with Gasteiger partial charge in [0.15, 0.2) is 6.23 Å². The Bertz CT molecular complexity index is 549. The number of aliphatic hydroxyl groups is 2. The maximum absolute atomic E-state index is 11.8. The lowest BCUT2D eigenvalue weighted by molar-refractivity contribution is -0.0366. The van der Waals surface area contributed by atoms with E-state index in [2.05, 4.69) is 4.98 Å². The molecular formula is C11H16N2O5. The third-order valence-electron chi connectivity index (χ3n) is 3.15. The first-order valence-electron chi connectivity index (χ1n) is 5.82. The van der Waals surface area contributed by atoms with Crippen molar-refractivity contribution in [2.24, 2.45) is 0 Å². The fourth-order valence-corrected chi connectivity index (χ4v) is 2.15. The second-order valence-corrected chi connectivity index (χ2v) is 4.37. The van der Waals surface area contributed by atoms with Gasteiger partial charge in [-0.1, -0.05) is 6.92 Å². The first-order chi connectivity index (χ1) is 8.45. The Hall–Kier alpha value is -1.44. The number of nitrogens with zero attached hydrogens (tertiary/aromatic N) is 1. The van der Waals surface area contributed by atoms with Gasteiger partial charge in [0.25, 0.3) is 5.56 Å². The molecule has 3 N–H and O–H groups in total. The zero-order chi connectivity index (χ0) is 13.4. The number of aliphatic hydroxyl groups excluding tert-OH is 2. The second-order valence-electron chi connectivity index (χ2n) is 4.37. The van der Waals surface area contributed by atoms with Crippen molar-refractivity contribution in [1.82, 2.24) is 9.55 Å². The van der Waals surface area contributed by atoms with Crippen LogP contribution in [0.1, 0.15) is 25.8 Å². The van der Waals surface area contributed by atoms with Crippen LogP contribution in [0.15, 0.2) is 15.7 Å². The van der Waals surface area contributed by atoms with E-state index in [1.807, 2.05) is 0 Å². The van der Waals surface area contributed by atoms with Crippen molar-refractivity contribution in [1.29, 1.82) is 0 Å². The summed E-state index contributed by atoms with van der Waals surface area (Å²) in [6.45, 7) is 3.39. The molecule has 0 aromatic carbocycles. The number of aromatic amines is 1. The van der Waals surface area contributed by atoms with Crippen LogP contribution in [0, 0.1) is 0 Å². The Morgan fingerprint density at radius 1 is 1.39 bits per heavy atom. The molecule has 1 fully saturated rings. The monoisotopic (exact) mass is 256 g/mol. The molecule has 4 atom stereocenters. The molecule has 7 nitrogen and oxygen atoms in total. The zero-order valence-electron chi connectivity index (χ0n) is 10.2. The smallest absolute Gasteiger partial charge is 0.330 e. The van der Waals surface area contributed by atoms with E-state index in [-0.39, 0.29) is 0 Å². The van der Waals surface area contributed by atoms with Gasteiger partial charge in [-0.3, -0.25) is 14.3 Å². The summed E-state index contributed by atoms with van der Waals surface area (Å²) >= 11 is 0. The van der Waals surface area contributed by atoms with E-state index in [0.717, 1.165) is 0 Å². The second kappa shape index (κ2) is 4.68. The lowest BCUT2D eigenvalue weighted by Gasteiger charge is -2.20. The quantitative estimate of drug-likeness (QED) is 0.612. The van der Waals surface area contributed by atoms with Gasteiger partial charge < -0.3 is 14.9 Å². The Balaban J connectivity index is 2.52. The number of ether oxygens (including phenoxy) is 1. The standard InChI is InChI=1S/C11H16N2O5/c1-3-6-4-7(14)12-11(17)13(6)10-9(16)8(15)5(2)18-10/h4-5,8-10,15-16H,3H2,1-2H3,(H,12,14,17)/t5-,8-,9-,10?/m1/s1. The van der Waals surface area contributed by atoms with Crippen molar-refractivity contribution in [3.05, 3.63) is 32.6 Å². The molecule has 0 saturated carbocycles. The van der Waals surface area contributed by atoms with Gasteiger partial charge in [0.2, 0.25) is 0 Å². The Morgan fingerprint density at radius 2 is 2.06 bits per heavy atom. The van der Waals surface area contributed by atoms with Crippen LogP contribution in [0.25, 0.3) is 0 Å².